The van der Waals surface area contributed by atoms with Crippen LogP contribution in [0.15, 0.2) is 67.5 Å². The molecule has 32 heavy (non-hydrogen) atoms. The van der Waals surface area contributed by atoms with Crippen molar-refractivity contribution >= 4 is 6.08 Å². The Labute approximate surface area is 186 Å². The van der Waals surface area contributed by atoms with E-state index in [1.165, 1.54) is 18.2 Å². The Morgan fingerprint density at radius 1 is 1.03 bits per heavy atom. The van der Waals surface area contributed by atoms with E-state index >= 15 is 0 Å². The zero-order valence-corrected chi connectivity index (χ0v) is 18.0. The number of hydrogen-bond acceptors (Lipinski definition) is 4. The Balaban J connectivity index is 1.69. The summed E-state index contributed by atoms with van der Waals surface area (Å²) in [5.74, 6) is -2.22. The maximum Gasteiger partial charge on any atom is 0.201 e. The fourth-order valence-electron chi connectivity index (χ4n) is 3.12. The second-order valence-electron chi connectivity index (χ2n) is 7.44. The molecule has 1 unspecified atom stereocenters. The van der Waals surface area contributed by atoms with E-state index in [1.54, 1.807) is 19.3 Å². The molecule has 3 rings (SSSR count). The first-order valence-corrected chi connectivity index (χ1v) is 10.5. The van der Waals surface area contributed by atoms with Crippen LogP contribution >= 0.6 is 0 Å². The lowest BCUT2D eigenvalue weighted by atomic mass is 10.1. The Kier molecular flexibility index (Phi) is 8.22. The molecule has 0 amide bonds. The van der Waals surface area contributed by atoms with Gasteiger partial charge in [0.2, 0.25) is 5.82 Å². The van der Waals surface area contributed by atoms with E-state index in [0.29, 0.717) is 0 Å². The van der Waals surface area contributed by atoms with E-state index in [9.17, 15) is 13.9 Å². The molecule has 1 heterocycles. The van der Waals surface area contributed by atoms with Gasteiger partial charge in [-0.3, -0.25) is 0 Å². The number of aliphatic hydroxyl groups excluding tert-OH is 1. The smallest absolute Gasteiger partial charge is 0.201 e. The minimum Gasteiger partial charge on any atom is -0.486 e. The second-order valence-corrected chi connectivity index (χ2v) is 7.44. The molecule has 0 spiro atoms. The third kappa shape index (κ3) is 6.08. The largest absolute Gasteiger partial charge is 0.486 e. The van der Waals surface area contributed by atoms with Gasteiger partial charge in [0.15, 0.2) is 17.4 Å². The maximum absolute atomic E-state index is 14.5. The van der Waals surface area contributed by atoms with Gasteiger partial charge in [0.05, 0.1) is 11.7 Å². The van der Waals surface area contributed by atoms with Crippen LogP contribution in [0, 0.1) is 11.6 Å². The highest BCUT2D eigenvalue weighted by Gasteiger charge is 2.17. The second kappa shape index (κ2) is 11.3. The highest BCUT2D eigenvalue weighted by molar-refractivity contribution is 5.66. The predicted octanol–water partition coefficient (Wildman–Crippen LogP) is 6.22. The number of unbranched alkanes of at least 4 members (excludes halogenated alkanes) is 1. The first kappa shape index (κ1) is 23.3. The van der Waals surface area contributed by atoms with E-state index in [1.807, 2.05) is 30.3 Å². The third-order valence-electron chi connectivity index (χ3n) is 4.84. The van der Waals surface area contributed by atoms with E-state index in [2.05, 4.69) is 22.6 Å². The van der Waals surface area contributed by atoms with Crippen LogP contribution in [0.2, 0.25) is 0 Å². The highest BCUT2D eigenvalue weighted by atomic mass is 19.2. The average molecular weight is 437 g/mol. The molecule has 0 saturated carbocycles. The van der Waals surface area contributed by atoms with Crippen LogP contribution in [-0.4, -0.2) is 27.8 Å². The van der Waals surface area contributed by atoms with E-state index in [4.69, 9.17) is 4.74 Å². The lowest BCUT2D eigenvalue weighted by molar-refractivity contribution is 0.182. The number of ether oxygens (including phenoxy) is 1. The first-order valence-electron chi connectivity index (χ1n) is 10.5. The SMILES string of the molecule is C=CCOc1ccc(-c2ncc(-c3ccc(/C=C/CCCC(C)O)cc3)cn2)c(F)c1F. The molecule has 1 atom stereocenters. The van der Waals surface area contributed by atoms with Crippen LogP contribution in [0.3, 0.4) is 0 Å². The maximum atomic E-state index is 14.5. The number of rotatable bonds is 10. The van der Waals surface area contributed by atoms with Crippen molar-refractivity contribution in [3.05, 3.63) is 84.7 Å². The van der Waals surface area contributed by atoms with Gasteiger partial charge in [-0.1, -0.05) is 49.1 Å². The van der Waals surface area contributed by atoms with Crippen molar-refractivity contribution < 1.29 is 18.6 Å². The molecule has 3 aromatic rings. The van der Waals surface area contributed by atoms with Gasteiger partial charge >= 0.3 is 0 Å². The summed E-state index contributed by atoms with van der Waals surface area (Å²) in [6.07, 6.45) is 11.2. The van der Waals surface area contributed by atoms with Crippen molar-refractivity contribution in [2.24, 2.45) is 0 Å². The van der Waals surface area contributed by atoms with Crippen molar-refractivity contribution in [3.63, 3.8) is 0 Å². The van der Waals surface area contributed by atoms with Gasteiger partial charge < -0.3 is 9.84 Å². The summed E-state index contributed by atoms with van der Waals surface area (Å²) in [5.41, 5.74) is 2.73. The summed E-state index contributed by atoms with van der Waals surface area (Å²) in [7, 11) is 0. The topological polar surface area (TPSA) is 55.2 Å². The van der Waals surface area contributed by atoms with Crippen molar-refractivity contribution in [3.8, 4) is 28.3 Å². The molecule has 6 heteroatoms. The fraction of sp³-hybridized carbons (Fsp3) is 0.231. The van der Waals surface area contributed by atoms with E-state index < -0.39 is 11.6 Å². The average Bonchev–Trinajstić information content (AvgIpc) is 2.80. The van der Waals surface area contributed by atoms with Gasteiger partial charge in [-0.15, -0.1) is 0 Å². The minimum absolute atomic E-state index is 0.0314. The molecule has 2 aromatic carbocycles. The summed E-state index contributed by atoms with van der Waals surface area (Å²) in [4.78, 5) is 8.43. The zero-order valence-electron chi connectivity index (χ0n) is 18.0. The molecule has 1 aromatic heterocycles. The van der Waals surface area contributed by atoms with Crippen LogP contribution in [0.1, 0.15) is 31.7 Å². The molecule has 1 N–H and O–H groups in total. The number of aromatic nitrogens is 2. The molecule has 0 aliphatic carbocycles. The van der Waals surface area contributed by atoms with Crippen LogP contribution in [0.5, 0.6) is 5.75 Å². The number of halogens is 2. The molecular formula is C26H26F2N2O2. The van der Waals surface area contributed by atoms with Gasteiger partial charge in [0, 0.05) is 18.0 Å². The summed E-state index contributed by atoms with van der Waals surface area (Å²) in [5, 5.41) is 9.28. The molecule has 0 radical (unpaired) electrons. The predicted molar refractivity (Wildman–Crippen MR) is 123 cm³/mol. The highest BCUT2D eigenvalue weighted by Crippen LogP contribution is 2.29. The van der Waals surface area contributed by atoms with Gasteiger partial charge in [0.25, 0.3) is 0 Å². The summed E-state index contributed by atoms with van der Waals surface area (Å²) < 4.78 is 33.8. The summed E-state index contributed by atoms with van der Waals surface area (Å²) >= 11 is 0. The lowest BCUT2D eigenvalue weighted by Gasteiger charge is -2.09. The van der Waals surface area contributed by atoms with Gasteiger partial charge in [-0.05, 0) is 49.4 Å². The van der Waals surface area contributed by atoms with Crippen molar-refractivity contribution in [2.75, 3.05) is 6.61 Å². The van der Waals surface area contributed by atoms with E-state index in [-0.39, 0.29) is 29.8 Å². The molecule has 0 bridgehead atoms. The first-order chi connectivity index (χ1) is 15.5. The number of hydrogen-bond donors (Lipinski definition) is 1. The number of nitrogens with zero attached hydrogens (tertiary/aromatic N) is 2. The monoisotopic (exact) mass is 436 g/mol. The van der Waals surface area contributed by atoms with Gasteiger partial charge in [-0.2, -0.15) is 4.39 Å². The van der Waals surface area contributed by atoms with Crippen molar-refractivity contribution in [1.82, 2.24) is 9.97 Å². The molecular weight excluding hydrogens is 410 g/mol. The van der Waals surface area contributed by atoms with E-state index in [0.717, 1.165) is 36.0 Å². The van der Waals surface area contributed by atoms with Crippen molar-refractivity contribution in [1.29, 1.82) is 0 Å². The van der Waals surface area contributed by atoms with Crippen molar-refractivity contribution in [2.45, 2.75) is 32.3 Å². The zero-order chi connectivity index (χ0) is 22.9. The molecule has 0 saturated heterocycles. The number of benzene rings is 2. The fourth-order valence-corrected chi connectivity index (χ4v) is 3.12. The normalized spacial score (nSPS) is 12.1. The van der Waals surface area contributed by atoms with Gasteiger partial charge in [0.1, 0.15) is 6.61 Å². The van der Waals surface area contributed by atoms with Crippen LogP contribution < -0.4 is 4.74 Å². The summed E-state index contributed by atoms with van der Waals surface area (Å²) in [6.45, 7) is 5.36. The van der Waals surface area contributed by atoms with Crippen LogP contribution in [-0.2, 0) is 0 Å². The molecule has 0 aliphatic heterocycles. The molecule has 4 nitrogen and oxygen atoms in total. The Bertz CT molecular complexity index is 1060. The minimum atomic E-state index is -1.08. The molecule has 166 valence electrons. The third-order valence-corrected chi connectivity index (χ3v) is 4.84. The molecule has 0 fully saturated rings. The number of allylic oxidation sites excluding steroid dienone is 1. The standard InChI is InChI=1S/C26H26F2N2O2/c1-3-15-32-23-14-13-22(24(27)25(23)28)26-29-16-21(17-30-26)20-11-9-19(10-12-20)8-6-4-5-7-18(2)31/h3,6,8-14,16-18,31H,1,4-5,7,15H2,2H3/b8-6+. The van der Waals surface area contributed by atoms with Gasteiger partial charge in [-0.25, -0.2) is 14.4 Å². The van der Waals surface area contributed by atoms with Crippen LogP contribution in [0.4, 0.5) is 8.78 Å². The Morgan fingerprint density at radius 2 is 1.75 bits per heavy atom. The van der Waals surface area contributed by atoms with Crippen LogP contribution in [0.25, 0.3) is 28.6 Å². The Morgan fingerprint density at radius 3 is 2.41 bits per heavy atom. The quantitative estimate of drug-likeness (QED) is 0.303. The molecule has 0 aliphatic rings. The summed E-state index contributed by atoms with van der Waals surface area (Å²) in [6, 6.07) is 10.6. The number of aliphatic hydroxyl groups is 1. The lowest BCUT2D eigenvalue weighted by Crippen LogP contribution is -2.00. The Hall–Kier alpha value is -3.38.